The minimum atomic E-state index is -3.44. The molecule has 0 radical (unpaired) electrons. The van der Waals surface area contributed by atoms with Gasteiger partial charge in [-0.1, -0.05) is 44.2 Å². The van der Waals surface area contributed by atoms with Crippen molar-refractivity contribution < 1.29 is 18.1 Å². The third-order valence-corrected chi connectivity index (χ3v) is 7.68. The number of benzene rings is 1. The zero-order valence-electron chi connectivity index (χ0n) is 17.8. The average molecular weight is 421 g/mol. The molecule has 0 unspecified atom stereocenters. The highest BCUT2D eigenvalue weighted by Gasteiger charge is 2.36. The number of nitrogens with zero attached hydrogens (tertiary/aromatic N) is 2. The molecule has 3 atom stereocenters. The molecule has 0 aliphatic carbocycles. The number of carbonyl (C=O) groups is 1. The second kappa shape index (κ2) is 9.41. The zero-order chi connectivity index (χ0) is 21.0. The largest absolute Gasteiger partial charge is 0.337 e. The second-order valence-electron chi connectivity index (χ2n) is 8.73. The highest BCUT2D eigenvalue weighted by Crippen LogP contribution is 2.21. The van der Waals surface area contributed by atoms with Gasteiger partial charge in [0.05, 0.1) is 26.2 Å². The van der Waals surface area contributed by atoms with Crippen molar-refractivity contribution in [1.82, 2.24) is 9.21 Å². The van der Waals surface area contributed by atoms with Crippen LogP contribution in [0.3, 0.4) is 0 Å². The van der Waals surface area contributed by atoms with E-state index in [1.807, 2.05) is 42.2 Å². The Morgan fingerprint density at radius 3 is 2.28 bits per heavy atom. The van der Waals surface area contributed by atoms with E-state index in [0.29, 0.717) is 38.0 Å². The molecule has 1 N–H and O–H groups in total. The van der Waals surface area contributed by atoms with Crippen LogP contribution < -0.4 is 4.90 Å². The highest BCUT2D eigenvalue weighted by molar-refractivity contribution is 7.92. The maximum Gasteiger partial charge on any atom is 0.280 e. The lowest BCUT2D eigenvalue weighted by molar-refractivity contribution is -0.918. The van der Waals surface area contributed by atoms with Crippen molar-refractivity contribution in [3.63, 3.8) is 0 Å². The first kappa shape index (κ1) is 22.0. The Kier molecular flexibility index (Phi) is 7.14. The number of nitrogens with one attached hydrogen (secondary N) is 1. The van der Waals surface area contributed by atoms with Crippen LogP contribution in [0, 0.1) is 11.8 Å². The van der Waals surface area contributed by atoms with Crippen LogP contribution in [-0.4, -0.2) is 68.8 Å². The van der Waals surface area contributed by atoms with Gasteiger partial charge in [-0.3, -0.25) is 4.79 Å². The molecule has 0 aromatic heterocycles. The van der Waals surface area contributed by atoms with Crippen molar-refractivity contribution >= 4 is 22.0 Å². The van der Waals surface area contributed by atoms with E-state index in [-0.39, 0.29) is 11.9 Å². The summed E-state index contributed by atoms with van der Waals surface area (Å²) in [4.78, 5) is 16.2. The summed E-state index contributed by atoms with van der Waals surface area (Å²) in [7, 11) is -3.44. The van der Waals surface area contributed by atoms with Crippen LogP contribution in [0.25, 0.3) is 6.08 Å². The van der Waals surface area contributed by atoms with Gasteiger partial charge in [-0.2, -0.15) is 4.31 Å². The molecule has 2 saturated heterocycles. The third kappa shape index (κ3) is 5.68. The Balaban J connectivity index is 1.55. The fourth-order valence-corrected chi connectivity index (χ4v) is 5.76. The molecule has 1 aromatic rings. The van der Waals surface area contributed by atoms with E-state index in [0.717, 1.165) is 18.7 Å². The molecular formula is C22H34N3O3S+. The van der Waals surface area contributed by atoms with Crippen molar-refractivity contribution in [2.75, 3.05) is 39.3 Å². The van der Waals surface area contributed by atoms with E-state index in [9.17, 15) is 13.2 Å². The van der Waals surface area contributed by atoms with Crippen LogP contribution in [0.15, 0.2) is 35.7 Å². The molecular weight excluding hydrogens is 386 g/mol. The standard InChI is InChI=1S/C22H33N3O3S/c1-18-15-19(2)17-24(16-18)22(26)20(3)23-10-12-25(13-11-23)29(27,28)14-9-21-7-5-4-6-8-21/h4-9,14,18-20H,10-13,15-17H2,1-3H3/p+1/b14-9+/t18-,19+,20-/m1/s1. The molecule has 160 valence electrons. The van der Waals surface area contributed by atoms with E-state index < -0.39 is 10.0 Å². The topological polar surface area (TPSA) is 62.1 Å². The number of sulfonamides is 1. The Hall–Kier alpha value is -1.70. The number of quaternary nitrogens is 1. The number of likely N-dealkylation sites (tertiary alicyclic amines) is 1. The van der Waals surface area contributed by atoms with Gasteiger partial charge >= 0.3 is 0 Å². The van der Waals surface area contributed by atoms with Crippen molar-refractivity contribution in [2.24, 2.45) is 11.8 Å². The maximum atomic E-state index is 13.0. The SMILES string of the molecule is C[C@@H]1C[C@H](C)CN(C(=O)[C@@H](C)[NH+]2CCN(S(=O)(=O)/C=C/c3ccccc3)CC2)C1. The lowest BCUT2D eigenvalue weighted by Gasteiger charge is -2.39. The Bertz CT molecular complexity index is 807. The molecule has 0 bridgehead atoms. The second-order valence-corrected chi connectivity index (χ2v) is 10.5. The average Bonchev–Trinajstić information content (AvgIpc) is 2.71. The lowest BCUT2D eigenvalue weighted by Crippen LogP contribution is -3.19. The lowest BCUT2D eigenvalue weighted by atomic mass is 9.91. The van der Waals surface area contributed by atoms with Crippen molar-refractivity contribution in [1.29, 1.82) is 0 Å². The summed E-state index contributed by atoms with van der Waals surface area (Å²) in [5.41, 5.74) is 0.865. The van der Waals surface area contributed by atoms with E-state index in [1.54, 1.807) is 6.08 Å². The normalized spacial score (nSPS) is 26.0. The van der Waals surface area contributed by atoms with E-state index >= 15 is 0 Å². The van der Waals surface area contributed by atoms with Gasteiger partial charge in [-0.25, -0.2) is 8.42 Å². The van der Waals surface area contributed by atoms with Crippen molar-refractivity contribution in [3.05, 3.63) is 41.3 Å². The summed E-state index contributed by atoms with van der Waals surface area (Å²) >= 11 is 0. The monoisotopic (exact) mass is 420 g/mol. The predicted molar refractivity (Wildman–Crippen MR) is 116 cm³/mol. The molecule has 0 saturated carbocycles. The molecule has 2 aliphatic heterocycles. The van der Waals surface area contributed by atoms with Crippen LogP contribution in [0.1, 0.15) is 32.8 Å². The molecule has 1 aromatic carbocycles. The number of hydrogen-bond donors (Lipinski definition) is 1. The highest BCUT2D eigenvalue weighted by atomic mass is 32.2. The number of hydrogen-bond acceptors (Lipinski definition) is 3. The van der Waals surface area contributed by atoms with Crippen LogP contribution in [0.2, 0.25) is 0 Å². The summed E-state index contributed by atoms with van der Waals surface area (Å²) < 4.78 is 26.8. The number of piperidine rings is 1. The van der Waals surface area contributed by atoms with Gasteiger partial charge in [0.1, 0.15) is 0 Å². The predicted octanol–water partition coefficient (Wildman–Crippen LogP) is 1.08. The Labute approximate surface area is 175 Å². The minimum Gasteiger partial charge on any atom is -0.337 e. The van der Waals surface area contributed by atoms with Crippen molar-refractivity contribution in [2.45, 2.75) is 33.2 Å². The van der Waals surface area contributed by atoms with E-state index in [4.69, 9.17) is 0 Å². The summed E-state index contributed by atoms with van der Waals surface area (Å²) in [5, 5.41) is 1.29. The van der Waals surface area contributed by atoms with Gasteiger partial charge in [-0.15, -0.1) is 0 Å². The summed E-state index contributed by atoms with van der Waals surface area (Å²) in [6.45, 7) is 10.3. The zero-order valence-corrected chi connectivity index (χ0v) is 18.6. The maximum absolute atomic E-state index is 13.0. The Morgan fingerprint density at radius 2 is 1.69 bits per heavy atom. The van der Waals surface area contributed by atoms with Gasteiger partial charge < -0.3 is 9.80 Å². The summed E-state index contributed by atoms with van der Waals surface area (Å²) in [6.07, 6.45) is 2.82. The number of piperazine rings is 1. The number of amides is 1. The third-order valence-electron chi connectivity index (χ3n) is 6.12. The molecule has 3 rings (SSSR count). The minimum absolute atomic E-state index is 0.128. The summed E-state index contributed by atoms with van der Waals surface area (Å²) in [5.74, 6) is 1.30. The van der Waals surface area contributed by atoms with Crippen molar-refractivity contribution in [3.8, 4) is 0 Å². The first-order chi connectivity index (χ1) is 13.8. The van der Waals surface area contributed by atoms with E-state index in [1.165, 1.54) is 21.0 Å². The Morgan fingerprint density at radius 1 is 1.10 bits per heavy atom. The smallest absolute Gasteiger partial charge is 0.280 e. The number of carbonyl (C=O) groups excluding carboxylic acids is 1. The molecule has 29 heavy (non-hydrogen) atoms. The van der Waals surface area contributed by atoms with Crippen LogP contribution in [0.5, 0.6) is 0 Å². The van der Waals surface area contributed by atoms with Crippen LogP contribution in [-0.2, 0) is 14.8 Å². The van der Waals surface area contributed by atoms with E-state index in [2.05, 4.69) is 13.8 Å². The van der Waals surface area contributed by atoms with Gasteiger partial charge in [-0.05, 0) is 36.8 Å². The van der Waals surface area contributed by atoms with Crippen LogP contribution >= 0.6 is 0 Å². The molecule has 2 aliphatic rings. The summed E-state index contributed by atoms with van der Waals surface area (Å²) in [6, 6.07) is 9.31. The molecule has 7 heteroatoms. The number of rotatable bonds is 5. The van der Waals surface area contributed by atoms with Crippen LogP contribution in [0.4, 0.5) is 0 Å². The molecule has 2 fully saturated rings. The molecule has 1 amide bonds. The molecule has 0 spiro atoms. The first-order valence-corrected chi connectivity index (χ1v) is 12.1. The fourth-order valence-electron chi connectivity index (χ4n) is 4.57. The fraction of sp³-hybridized carbons (Fsp3) is 0.591. The van der Waals surface area contributed by atoms with Gasteiger partial charge in [0.2, 0.25) is 10.0 Å². The van der Waals surface area contributed by atoms with Gasteiger partial charge in [0.25, 0.3) is 5.91 Å². The van der Waals surface area contributed by atoms with Gasteiger partial charge in [0.15, 0.2) is 6.04 Å². The first-order valence-electron chi connectivity index (χ1n) is 10.6. The van der Waals surface area contributed by atoms with Gasteiger partial charge in [0, 0.05) is 18.5 Å². The molecule has 2 heterocycles. The quantitative estimate of drug-likeness (QED) is 0.776. The molecule has 6 nitrogen and oxygen atoms in total.